The molecule has 1 amide bonds. The van der Waals surface area contributed by atoms with E-state index in [4.69, 9.17) is 4.74 Å². The first-order chi connectivity index (χ1) is 11.2. The topological polar surface area (TPSA) is 54.5 Å². The van der Waals surface area contributed by atoms with Crippen molar-refractivity contribution in [1.82, 2.24) is 9.88 Å². The van der Waals surface area contributed by atoms with E-state index >= 15 is 0 Å². The molecule has 1 aliphatic rings. The average molecular weight is 311 g/mol. The van der Waals surface area contributed by atoms with Gasteiger partial charge >= 0.3 is 0 Å². The fraction of sp³-hybridized carbons (Fsp3) is 0.333. The number of benzene rings is 1. The number of nitrogens with zero attached hydrogens (tertiary/aromatic N) is 2. The lowest BCUT2D eigenvalue weighted by Crippen LogP contribution is -2.32. The maximum absolute atomic E-state index is 12.4. The predicted molar refractivity (Wildman–Crippen MR) is 89.5 cm³/mol. The summed E-state index contributed by atoms with van der Waals surface area (Å²) in [7, 11) is 1.64. The zero-order valence-corrected chi connectivity index (χ0v) is 13.2. The molecule has 1 fully saturated rings. The standard InChI is InChI=1S/C18H21N3O2/c1-23-17-6-4-14(5-7-17)11-18(22)21-10-8-16(13-21)20-15-3-2-9-19-12-15/h2-7,9,12,16,20H,8,10-11,13H2,1H3/t16-/m1/s1. The van der Waals surface area contributed by atoms with E-state index in [1.54, 1.807) is 13.3 Å². The molecule has 120 valence electrons. The van der Waals surface area contributed by atoms with Crippen LogP contribution in [0.25, 0.3) is 0 Å². The summed E-state index contributed by atoms with van der Waals surface area (Å²) < 4.78 is 5.14. The third kappa shape index (κ3) is 4.00. The number of hydrogen-bond acceptors (Lipinski definition) is 4. The Morgan fingerprint density at radius 3 is 2.87 bits per heavy atom. The second kappa shape index (κ2) is 7.13. The Bertz CT molecular complexity index is 643. The summed E-state index contributed by atoms with van der Waals surface area (Å²) in [5.74, 6) is 0.980. The summed E-state index contributed by atoms with van der Waals surface area (Å²) in [6.07, 6.45) is 4.96. The van der Waals surface area contributed by atoms with Crippen LogP contribution in [-0.2, 0) is 11.2 Å². The van der Waals surface area contributed by atoms with Gasteiger partial charge in [-0.3, -0.25) is 9.78 Å². The molecule has 2 aromatic rings. The molecule has 0 saturated carbocycles. The molecule has 0 aliphatic carbocycles. The highest BCUT2D eigenvalue weighted by molar-refractivity contribution is 5.79. The van der Waals surface area contributed by atoms with Gasteiger partial charge in [0.1, 0.15) is 5.75 Å². The molecule has 1 saturated heterocycles. The number of methoxy groups -OCH3 is 1. The van der Waals surface area contributed by atoms with Crippen LogP contribution in [0, 0.1) is 0 Å². The van der Waals surface area contributed by atoms with Crippen molar-refractivity contribution in [3.8, 4) is 5.75 Å². The van der Waals surface area contributed by atoms with Crippen LogP contribution in [0.4, 0.5) is 5.69 Å². The van der Waals surface area contributed by atoms with Crippen LogP contribution in [0.3, 0.4) is 0 Å². The van der Waals surface area contributed by atoms with Gasteiger partial charge in [0.15, 0.2) is 0 Å². The normalized spacial score (nSPS) is 17.1. The summed E-state index contributed by atoms with van der Waals surface area (Å²) >= 11 is 0. The Morgan fingerprint density at radius 1 is 1.35 bits per heavy atom. The first kappa shape index (κ1) is 15.3. The minimum atomic E-state index is 0.172. The highest BCUT2D eigenvalue weighted by Crippen LogP contribution is 2.17. The van der Waals surface area contributed by atoms with Crippen LogP contribution in [-0.4, -0.2) is 42.0 Å². The average Bonchev–Trinajstić information content (AvgIpc) is 3.05. The number of aromatic nitrogens is 1. The maximum Gasteiger partial charge on any atom is 0.227 e. The number of ether oxygens (including phenoxy) is 1. The number of carbonyl (C=O) groups is 1. The lowest BCUT2D eigenvalue weighted by molar-refractivity contribution is -0.129. The van der Waals surface area contributed by atoms with Crippen molar-refractivity contribution in [3.05, 3.63) is 54.4 Å². The Labute approximate surface area is 136 Å². The van der Waals surface area contributed by atoms with E-state index in [1.165, 1.54) is 0 Å². The van der Waals surface area contributed by atoms with E-state index < -0.39 is 0 Å². The minimum absolute atomic E-state index is 0.172. The van der Waals surface area contributed by atoms with Crippen molar-refractivity contribution in [1.29, 1.82) is 0 Å². The van der Waals surface area contributed by atoms with Gasteiger partial charge in [-0.2, -0.15) is 0 Å². The first-order valence-electron chi connectivity index (χ1n) is 7.82. The highest BCUT2D eigenvalue weighted by Gasteiger charge is 2.26. The Kier molecular flexibility index (Phi) is 4.76. The van der Waals surface area contributed by atoms with Gasteiger partial charge in [-0.05, 0) is 36.2 Å². The molecule has 5 heteroatoms. The molecule has 1 aromatic carbocycles. The van der Waals surface area contributed by atoms with Crippen molar-refractivity contribution in [2.24, 2.45) is 0 Å². The van der Waals surface area contributed by atoms with E-state index in [9.17, 15) is 4.79 Å². The molecule has 1 aliphatic heterocycles. The zero-order valence-electron chi connectivity index (χ0n) is 13.2. The molecule has 0 unspecified atom stereocenters. The van der Waals surface area contributed by atoms with Crippen molar-refractivity contribution in [2.75, 3.05) is 25.5 Å². The molecular formula is C18H21N3O2. The van der Waals surface area contributed by atoms with E-state index in [1.807, 2.05) is 47.5 Å². The molecule has 23 heavy (non-hydrogen) atoms. The number of anilines is 1. The zero-order chi connectivity index (χ0) is 16.1. The third-order valence-electron chi connectivity index (χ3n) is 4.09. The van der Waals surface area contributed by atoms with Crippen LogP contribution in [0.1, 0.15) is 12.0 Å². The van der Waals surface area contributed by atoms with E-state index in [0.29, 0.717) is 12.5 Å². The largest absolute Gasteiger partial charge is 0.497 e. The quantitative estimate of drug-likeness (QED) is 0.921. The van der Waals surface area contributed by atoms with Gasteiger partial charge in [0.2, 0.25) is 5.91 Å². The SMILES string of the molecule is COc1ccc(CC(=O)N2CC[C@@H](Nc3cccnc3)C2)cc1. The number of pyridine rings is 1. The van der Waals surface area contributed by atoms with E-state index in [-0.39, 0.29) is 5.91 Å². The van der Waals surface area contributed by atoms with Gasteiger partial charge in [0.25, 0.3) is 0 Å². The highest BCUT2D eigenvalue weighted by atomic mass is 16.5. The molecule has 1 atom stereocenters. The molecule has 1 N–H and O–H groups in total. The number of hydrogen-bond donors (Lipinski definition) is 1. The number of nitrogens with one attached hydrogen (secondary N) is 1. The molecule has 3 rings (SSSR count). The van der Waals surface area contributed by atoms with Crippen molar-refractivity contribution in [3.63, 3.8) is 0 Å². The van der Waals surface area contributed by atoms with Crippen molar-refractivity contribution in [2.45, 2.75) is 18.9 Å². The van der Waals surface area contributed by atoms with Crippen LogP contribution in [0.15, 0.2) is 48.8 Å². The van der Waals surface area contributed by atoms with Gasteiger partial charge in [0.05, 0.1) is 19.2 Å². The molecule has 0 bridgehead atoms. The molecule has 2 heterocycles. The van der Waals surface area contributed by atoms with Crippen LogP contribution >= 0.6 is 0 Å². The summed E-state index contributed by atoms with van der Waals surface area (Å²) in [6.45, 7) is 1.54. The fourth-order valence-electron chi connectivity index (χ4n) is 2.82. The third-order valence-corrected chi connectivity index (χ3v) is 4.09. The van der Waals surface area contributed by atoms with Crippen molar-refractivity contribution < 1.29 is 9.53 Å². The van der Waals surface area contributed by atoms with Crippen LogP contribution in [0.2, 0.25) is 0 Å². The molecule has 1 aromatic heterocycles. The monoisotopic (exact) mass is 311 g/mol. The number of carbonyl (C=O) groups excluding carboxylic acids is 1. The van der Waals surface area contributed by atoms with Crippen LogP contribution in [0.5, 0.6) is 5.75 Å². The van der Waals surface area contributed by atoms with Gasteiger partial charge in [-0.15, -0.1) is 0 Å². The van der Waals surface area contributed by atoms with E-state index in [0.717, 1.165) is 36.5 Å². The molecule has 0 radical (unpaired) electrons. The summed E-state index contributed by atoms with van der Waals surface area (Å²) in [4.78, 5) is 18.4. The number of rotatable bonds is 5. The van der Waals surface area contributed by atoms with Gasteiger partial charge < -0.3 is 15.0 Å². The summed E-state index contributed by atoms with van der Waals surface area (Å²) in [5, 5.41) is 3.43. The predicted octanol–water partition coefficient (Wildman–Crippen LogP) is 2.35. The fourth-order valence-corrected chi connectivity index (χ4v) is 2.82. The van der Waals surface area contributed by atoms with Gasteiger partial charge in [-0.25, -0.2) is 0 Å². The summed E-state index contributed by atoms with van der Waals surface area (Å²) in [6, 6.07) is 11.9. The van der Waals surface area contributed by atoms with Crippen molar-refractivity contribution >= 4 is 11.6 Å². The molecule has 0 spiro atoms. The second-order valence-electron chi connectivity index (χ2n) is 5.74. The van der Waals surface area contributed by atoms with Crippen LogP contribution < -0.4 is 10.1 Å². The number of amides is 1. The Balaban J connectivity index is 1.52. The van der Waals surface area contributed by atoms with Gasteiger partial charge in [-0.1, -0.05) is 12.1 Å². The maximum atomic E-state index is 12.4. The minimum Gasteiger partial charge on any atom is -0.497 e. The molecule has 5 nitrogen and oxygen atoms in total. The lowest BCUT2D eigenvalue weighted by Gasteiger charge is -2.17. The van der Waals surface area contributed by atoms with E-state index in [2.05, 4.69) is 10.3 Å². The lowest BCUT2D eigenvalue weighted by atomic mass is 10.1. The second-order valence-corrected chi connectivity index (χ2v) is 5.74. The first-order valence-corrected chi connectivity index (χ1v) is 7.82. The van der Waals surface area contributed by atoms with Gasteiger partial charge in [0, 0.05) is 31.5 Å². The summed E-state index contributed by atoms with van der Waals surface area (Å²) in [5.41, 5.74) is 2.02. The number of likely N-dealkylation sites (tertiary alicyclic amines) is 1. The molecular weight excluding hydrogens is 290 g/mol. The smallest absolute Gasteiger partial charge is 0.227 e. The Hall–Kier alpha value is -2.56. The Morgan fingerprint density at radius 2 is 2.17 bits per heavy atom.